The Morgan fingerprint density at radius 2 is 2.06 bits per heavy atom. The fraction of sp³-hybridized carbons (Fsp3) is 0.923. The summed E-state index contributed by atoms with van der Waals surface area (Å²) in [6.07, 6.45) is 3.12. The van der Waals surface area contributed by atoms with Crippen molar-refractivity contribution >= 4 is 5.91 Å². The van der Waals surface area contributed by atoms with E-state index in [0.29, 0.717) is 0 Å². The number of amides is 1. The molecule has 1 fully saturated rings. The average Bonchev–Trinajstić information content (AvgIpc) is 2.81. The Balaban J connectivity index is 2.26. The summed E-state index contributed by atoms with van der Waals surface area (Å²) in [5.41, 5.74) is 5.89. The molecule has 0 saturated heterocycles. The van der Waals surface area contributed by atoms with E-state index in [1.54, 1.807) is 0 Å². The van der Waals surface area contributed by atoms with Gasteiger partial charge in [0.25, 0.3) is 0 Å². The highest BCUT2D eigenvalue weighted by Crippen LogP contribution is 2.51. The second-order valence-corrected chi connectivity index (χ2v) is 6.52. The van der Waals surface area contributed by atoms with Crippen LogP contribution in [0.15, 0.2) is 0 Å². The molecular formula is C13H26N2O. The summed E-state index contributed by atoms with van der Waals surface area (Å²) in [7, 11) is 0. The lowest BCUT2D eigenvalue weighted by atomic mass is 9.87. The quantitative estimate of drug-likeness (QED) is 0.727. The Bertz CT molecular complexity index is 259. The molecule has 0 bridgehead atoms. The molecule has 0 aliphatic heterocycles. The van der Waals surface area contributed by atoms with Crippen molar-refractivity contribution in [1.82, 2.24) is 5.32 Å². The summed E-state index contributed by atoms with van der Waals surface area (Å²) in [5, 5.41) is 3.07. The predicted octanol–water partition coefficient (Wildman–Crippen LogP) is 1.91. The standard InChI is InChI=1S/C13H26N2O/c1-12(2,6-5-7-14)9-15-11(16)10-8-13(10,3)4/h10H,5-9,14H2,1-4H3,(H,15,16). The largest absolute Gasteiger partial charge is 0.355 e. The molecule has 1 amide bonds. The third-order valence-corrected chi connectivity index (χ3v) is 3.63. The van der Waals surface area contributed by atoms with Gasteiger partial charge in [0.05, 0.1) is 0 Å². The molecule has 3 nitrogen and oxygen atoms in total. The van der Waals surface area contributed by atoms with Crippen LogP contribution in [0.25, 0.3) is 0 Å². The van der Waals surface area contributed by atoms with E-state index in [1.165, 1.54) is 0 Å². The van der Waals surface area contributed by atoms with Gasteiger partial charge < -0.3 is 11.1 Å². The van der Waals surface area contributed by atoms with Gasteiger partial charge in [-0.2, -0.15) is 0 Å². The van der Waals surface area contributed by atoms with Crippen molar-refractivity contribution in [3.63, 3.8) is 0 Å². The van der Waals surface area contributed by atoms with Crippen molar-refractivity contribution in [1.29, 1.82) is 0 Å². The molecule has 3 heteroatoms. The Kier molecular flexibility index (Phi) is 4.00. The molecule has 1 atom stereocenters. The lowest BCUT2D eigenvalue weighted by molar-refractivity contribution is -0.123. The van der Waals surface area contributed by atoms with Crippen LogP contribution >= 0.6 is 0 Å². The molecule has 1 aliphatic rings. The van der Waals surface area contributed by atoms with E-state index >= 15 is 0 Å². The average molecular weight is 226 g/mol. The topological polar surface area (TPSA) is 55.1 Å². The Labute approximate surface area is 99.2 Å². The molecule has 16 heavy (non-hydrogen) atoms. The fourth-order valence-corrected chi connectivity index (χ4v) is 2.03. The van der Waals surface area contributed by atoms with E-state index in [2.05, 4.69) is 33.0 Å². The Hall–Kier alpha value is -0.570. The van der Waals surface area contributed by atoms with Gasteiger partial charge in [-0.25, -0.2) is 0 Å². The second kappa shape index (κ2) is 4.74. The van der Waals surface area contributed by atoms with E-state index in [1.807, 2.05) is 0 Å². The highest BCUT2D eigenvalue weighted by Gasteiger charge is 2.50. The highest BCUT2D eigenvalue weighted by atomic mass is 16.2. The van der Waals surface area contributed by atoms with Crippen molar-refractivity contribution in [2.75, 3.05) is 13.1 Å². The number of hydrogen-bond acceptors (Lipinski definition) is 2. The van der Waals surface area contributed by atoms with Gasteiger partial charge >= 0.3 is 0 Å². The zero-order chi connectivity index (χ0) is 12.4. The summed E-state index contributed by atoms with van der Waals surface area (Å²) < 4.78 is 0. The summed E-state index contributed by atoms with van der Waals surface area (Å²) in [5.74, 6) is 0.462. The lowest BCUT2D eigenvalue weighted by Crippen LogP contribution is -2.35. The van der Waals surface area contributed by atoms with Crippen LogP contribution in [0.1, 0.15) is 47.0 Å². The zero-order valence-corrected chi connectivity index (χ0v) is 11.1. The molecule has 3 N–H and O–H groups in total. The van der Waals surface area contributed by atoms with Crippen LogP contribution < -0.4 is 11.1 Å². The molecule has 0 heterocycles. The second-order valence-electron chi connectivity index (χ2n) is 6.52. The van der Waals surface area contributed by atoms with Gasteiger partial charge in [-0.1, -0.05) is 27.7 Å². The normalized spacial score (nSPS) is 22.9. The van der Waals surface area contributed by atoms with Crippen molar-refractivity contribution in [2.24, 2.45) is 22.5 Å². The van der Waals surface area contributed by atoms with Gasteiger partial charge in [-0.15, -0.1) is 0 Å². The van der Waals surface area contributed by atoms with Crippen molar-refractivity contribution in [3.05, 3.63) is 0 Å². The molecule has 1 rings (SSSR count). The minimum atomic E-state index is 0.161. The molecular weight excluding hydrogens is 200 g/mol. The minimum absolute atomic E-state index is 0.161. The fourth-order valence-electron chi connectivity index (χ4n) is 2.03. The third-order valence-electron chi connectivity index (χ3n) is 3.63. The molecule has 0 radical (unpaired) electrons. The molecule has 0 spiro atoms. The van der Waals surface area contributed by atoms with Gasteiger partial charge in [0.2, 0.25) is 5.91 Å². The summed E-state index contributed by atoms with van der Waals surface area (Å²) >= 11 is 0. The molecule has 94 valence electrons. The number of rotatable bonds is 6. The zero-order valence-electron chi connectivity index (χ0n) is 11.1. The molecule has 1 saturated carbocycles. The number of carbonyl (C=O) groups excluding carboxylic acids is 1. The maximum Gasteiger partial charge on any atom is 0.223 e. The minimum Gasteiger partial charge on any atom is -0.355 e. The first-order valence-corrected chi connectivity index (χ1v) is 6.26. The smallest absolute Gasteiger partial charge is 0.223 e. The summed E-state index contributed by atoms with van der Waals surface area (Å²) in [4.78, 5) is 11.8. The van der Waals surface area contributed by atoms with Crippen LogP contribution in [0.4, 0.5) is 0 Å². The first-order chi connectivity index (χ1) is 7.28. The number of hydrogen-bond donors (Lipinski definition) is 2. The molecule has 0 aromatic carbocycles. The summed E-state index contributed by atoms with van der Waals surface area (Å²) in [6.45, 7) is 10.2. The highest BCUT2D eigenvalue weighted by molar-refractivity contribution is 5.82. The van der Waals surface area contributed by atoms with E-state index in [-0.39, 0.29) is 22.7 Å². The van der Waals surface area contributed by atoms with Crippen LogP contribution in [0.3, 0.4) is 0 Å². The van der Waals surface area contributed by atoms with E-state index < -0.39 is 0 Å². The van der Waals surface area contributed by atoms with E-state index in [9.17, 15) is 4.79 Å². The van der Waals surface area contributed by atoms with E-state index in [4.69, 9.17) is 5.73 Å². The van der Waals surface area contributed by atoms with Gasteiger partial charge in [0, 0.05) is 12.5 Å². The predicted molar refractivity (Wildman–Crippen MR) is 67.0 cm³/mol. The monoisotopic (exact) mass is 226 g/mol. The van der Waals surface area contributed by atoms with Gasteiger partial charge in [-0.3, -0.25) is 4.79 Å². The van der Waals surface area contributed by atoms with Crippen molar-refractivity contribution < 1.29 is 4.79 Å². The Morgan fingerprint density at radius 3 is 2.50 bits per heavy atom. The number of carbonyl (C=O) groups is 1. The number of nitrogens with one attached hydrogen (secondary N) is 1. The number of nitrogens with two attached hydrogens (primary N) is 1. The molecule has 0 aromatic rings. The first-order valence-electron chi connectivity index (χ1n) is 6.26. The summed E-state index contributed by atoms with van der Waals surface area (Å²) in [6, 6.07) is 0. The van der Waals surface area contributed by atoms with Crippen LogP contribution in [-0.4, -0.2) is 19.0 Å². The third kappa shape index (κ3) is 3.78. The molecule has 1 aliphatic carbocycles. The van der Waals surface area contributed by atoms with Gasteiger partial charge in [0.1, 0.15) is 0 Å². The van der Waals surface area contributed by atoms with Gasteiger partial charge in [-0.05, 0) is 36.6 Å². The molecule has 1 unspecified atom stereocenters. The first kappa shape index (κ1) is 13.5. The van der Waals surface area contributed by atoms with Crippen molar-refractivity contribution in [2.45, 2.75) is 47.0 Å². The van der Waals surface area contributed by atoms with E-state index in [0.717, 1.165) is 32.4 Å². The maximum absolute atomic E-state index is 11.8. The lowest BCUT2D eigenvalue weighted by Gasteiger charge is -2.24. The molecule has 0 aromatic heterocycles. The SMILES string of the molecule is CC(C)(CCCN)CNC(=O)C1CC1(C)C. The Morgan fingerprint density at radius 1 is 1.50 bits per heavy atom. The van der Waals surface area contributed by atoms with Crippen LogP contribution in [-0.2, 0) is 4.79 Å². The maximum atomic E-state index is 11.8. The van der Waals surface area contributed by atoms with Crippen LogP contribution in [0, 0.1) is 16.7 Å². The van der Waals surface area contributed by atoms with Crippen LogP contribution in [0.2, 0.25) is 0 Å². The van der Waals surface area contributed by atoms with Gasteiger partial charge in [0.15, 0.2) is 0 Å². The van der Waals surface area contributed by atoms with Crippen molar-refractivity contribution in [3.8, 4) is 0 Å². The van der Waals surface area contributed by atoms with Crippen LogP contribution in [0.5, 0.6) is 0 Å².